The first-order valence-electron chi connectivity index (χ1n) is 7.47. The summed E-state index contributed by atoms with van der Waals surface area (Å²) in [7, 11) is 1.57. The van der Waals surface area contributed by atoms with E-state index in [1.807, 2.05) is 0 Å². The maximum absolute atomic E-state index is 12.5. The highest BCUT2D eigenvalue weighted by atomic mass is 16.5. The molecule has 0 atom stereocenters. The number of nitrogens with zero attached hydrogens (tertiary/aromatic N) is 1. The van der Waals surface area contributed by atoms with Crippen molar-refractivity contribution in [1.82, 2.24) is 10.2 Å². The Balaban J connectivity index is 1.90. The van der Waals surface area contributed by atoms with Crippen LogP contribution in [0.4, 0.5) is 0 Å². The number of piperidine rings is 1. The van der Waals surface area contributed by atoms with Gasteiger partial charge in [-0.3, -0.25) is 9.59 Å². The van der Waals surface area contributed by atoms with Gasteiger partial charge in [-0.05, 0) is 31.0 Å². The minimum Gasteiger partial charge on any atom is -0.497 e. The van der Waals surface area contributed by atoms with Crippen LogP contribution < -0.4 is 10.1 Å². The van der Waals surface area contributed by atoms with Crippen molar-refractivity contribution in [2.24, 2.45) is 5.92 Å². The molecule has 1 saturated heterocycles. The molecule has 0 aromatic heterocycles. The van der Waals surface area contributed by atoms with Crippen molar-refractivity contribution >= 4 is 11.8 Å². The summed E-state index contributed by atoms with van der Waals surface area (Å²) in [5.74, 6) is 0.501. The minimum absolute atomic E-state index is 0.0342. The van der Waals surface area contributed by atoms with E-state index in [9.17, 15) is 9.59 Å². The number of hydrogen-bond donors (Lipinski definition) is 2. The van der Waals surface area contributed by atoms with Crippen molar-refractivity contribution in [2.75, 3.05) is 33.4 Å². The van der Waals surface area contributed by atoms with Gasteiger partial charge in [0.05, 0.1) is 13.7 Å². The topological polar surface area (TPSA) is 78.9 Å². The van der Waals surface area contributed by atoms with E-state index in [0.717, 1.165) is 0 Å². The van der Waals surface area contributed by atoms with Gasteiger partial charge in [-0.2, -0.15) is 0 Å². The standard InChI is InChI=1S/C16H22N2O4/c1-22-14-4-2-3-13(11-14)16(21)18-8-5-12(6-9-18)15(20)17-7-10-19/h2-4,11-12,19H,5-10H2,1H3,(H,17,20). The third-order valence-corrected chi connectivity index (χ3v) is 3.88. The van der Waals surface area contributed by atoms with Crippen LogP contribution in [0.25, 0.3) is 0 Å². The zero-order valence-corrected chi connectivity index (χ0v) is 12.7. The maximum atomic E-state index is 12.5. The Morgan fingerprint density at radius 2 is 2.09 bits per heavy atom. The maximum Gasteiger partial charge on any atom is 0.253 e. The van der Waals surface area contributed by atoms with E-state index in [0.29, 0.717) is 37.2 Å². The Hall–Kier alpha value is -2.08. The largest absolute Gasteiger partial charge is 0.497 e. The Morgan fingerprint density at radius 3 is 2.73 bits per heavy atom. The van der Waals surface area contributed by atoms with Gasteiger partial charge in [0.15, 0.2) is 0 Å². The highest BCUT2D eigenvalue weighted by molar-refractivity contribution is 5.94. The molecule has 1 aromatic rings. The van der Waals surface area contributed by atoms with Gasteiger partial charge in [0.25, 0.3) is 5.91 Å². The number of aliphatic hydroxyl groups is 1. The highest BCUT2D eigenvalue weighted by Crippen LogP contribution is 2.20. The number of carbonyl (C=O) groups is 2. The summed E-state index contributed by atoms with van der Waals surface area (Å²) in [6.45, 7) is 1.35. The van der Waals surface area contributed by atoms with Crippen LogP contribution in [-0.4, -0.2) is 55.2 Å². The normalized spacial score (nSPS) is 15.5. The molecule has 0 unspecified atom stereocenters. The first-order valence-corrected chi connectivity index (χ1v) is 7.47. The van der Waals surface area contributed by atoms with Crippen molar-refractivity contribution in [2.45, 2.75) is 12.8 Å². The van der Waals surface area contributed by atoms with Crippen LogP contribution in [0.15, 0.2) is 24.3 Å². The Kier molecular flexibility index (Phi) is 5.77. The van der Waals surface area contributed by atoms with Gasteiger partial charge in [0, 0.05) is 31.1 Å². The summed E-state index contributed by atoms with van der Waals surface area (Å²) >= 11 is 0. The molecule has 1 aliphatic heterocycles. The highest BCUT2D eigenvalue weighted by Gasteiger charge is 2.27. The van der Waals surface area contributed by atoms with Crippen molar-refractivity contribution in [3.63, 3.8) is 0 Å². The number of likely N-dealkylation sites (tertiary alicyclic amines) is 1. The van der Waals surface area contributed by atoms with Crippen LogP contribution in [0.5, 0.6) is 5.75 Å². The molecule has 0 saturated carbocycles. The lowest BCUT2D eigenvalue weighted by atomic mass is 9.95. The summed E-state index contributed by atoms with van der Waals surface area (Å²) in [4.78, 5) is 26.1. The molecule has 0 spiro atoms. The number of hydrogen-bond acceptors (Lipinski definition) is 4. The van der Waals surface area contributed by atoms with Crippen LogP contribution >= 0.6 is 0 Å². The molecular formula is C16H22N2O4. The number of methoxy groups -OCH3 is 1. The number of carbonyl (C=O) groups excluding carboxylic acids is 2. The first kappa shape index (κ1) is 16.3. The van der Waals surface area contributed by atoms with Gasteiger partial charge in [-0.1, -0.05) is 6.07 Å². The van der Waals surface area contributed by atoms with E-state index in [1.54, 1.807) is 36.3 Å². The summed E-state index contributed by atoms with van der Waals surface area (Å²) < 4.78 is 5.13. The number of ether oxygens (including phenoxy) is 1. The van der Waals surface area contributed by atoms with E-state index in [2.05, 4.69) is 5.32 Å². The molecule has 2 amide bonds. The molecule has 6 nitrogen and oxygen atoms in total. The van der Waals surface area contributed by atoms with Gasteiger partial charge in [-0.15, -0.1) is 0 Å². The smallest absolute Gasteiger partial charge is 0.253 e. The number of nitrogens with one attached hydrogen (secondary N) is 1. The van der Waals surface area contributed by atoms with Gasteiger partial charge >= 0.3 is 0 Å². The molecule has 22 heavy (non-hydrogen) atoms. The van der Waals surface area contributed by atoms with Gasteiger partial charge in [0.2, 0.25) is 5.91 Å². The lowest BCUT2D eigenvalue weighted by Gasteiger charge is -2.31. The average molecular weight is 306 g/mol. The lowest BCUT2D eigenvalue weighted by molar-refractivity contribution is -0.126. The Labute approximate surface area is 130 Å². The molecule has 120 valence electrons. The Morgan fingerprint density at radius 1 is 1.36 bits per heavy atom. The van der Waals surface area contributed by atoms with Crippen LogP contribution in [0.2, 0.25) is 0 Å². The second-order valence-corrected chi connectivity index (χ2v) is 5.31. The first-order chi connectivity index (χ1) is 10.7. The monoisotopic (exact) mass is 306 g/mol. The molecular weight excluding hydrogens is 284 g/mol. The predicted molar refractivity (Wildman–Crippen MR) is 81.7 cm³/mol. The zero-order valence-electron chi connectivity index (χ0n) is 12.7. The fraction of sp³-hybridized carbons (Fsp3) is 0.500. The third-order valence-electron chi connectivity index (χ3n) is 3.88. The van der Waals surface area contributed by atoms with Crippen LogP contribution in [0, 0.1) is 5.92 Å². The molecule has 0 radical (unpaired) electrons. The molecule has 2 N–H and O–H groups in total. The van der Waals surface area contributed by atoms with Crippen molar-refractivity contribution in [3.05, 3.63) is 29.8 Å². The van der Waals surface area contributed by atoms with Gasteiger partial charge < -0.3 is 20.1 Å². The molecule has 1 aliphatic rings. The molecule has 1 heterocycles. The Bertz CT molecular complexity index is 525. The number of aliphatic hydroxyl groups excluding tert-OH is 1. The predicted octanol–water partition coefficient (Wildman–Crippen LogP) is 0.656. The van der Waals surface area contributed by atoms with Crippen molar-refractivity contribution < 1.29 is 19.4 Å². The van der Waals surface area contributed by atoms with E-state index in [-0.39, 0.29) is 30.9 Å². The van der Waals surface area contributed by atoms with Gasteiger partial charge in [0.1, 0.15) is 5.75 Å². The third kappa shape index (κ3) is 3.98. The van der Waals surface area contributed by atoms with E-state index in [1.165, 1.54) is 0 Å². The van der Waals surface area contributed by atoms with Crippen LogP contribution in [0.1, 0.15) is 23.2 Å². The second kappa shape index (κ2) is 7.79. The molecule has 0 aliphatic carbocycles. The number of amides is 2. The summed E-state index contributed by atoms with van der Waals surface area (Å²) in [6, 6.07) is 7.09. The van der Waals surface area contributed by atoms with E-state index < -0.39 is 0 Å². The van der Waals surface area contributed by atoms with E-state index >= 15 is 0 Å². The second-order valence-electron chi connectivity index (χ2n) is 5.31. The van der Waals surface area contributed by atoms with Crippen LogP contribution in [0.3, 0.4) is 0 Å². The molecule has 6 heteroatoms. The molecule has 0 bridgehead atoms. The molecule has 2 rings (SSSR count). The quantitative estimate of drug-likeness (QED) is 0.837. The summed E-state index contributed by atoms with van der Waals surface area (Å²) in [5.41, 5.74) is 0.600. The fourth-order valence-corrected chi connectivity index (χ4v) is 2.61. The van der Waals surface area contributed by atoms with E-state index in [4.69, 9.17) is 9.84 Å². The SMILES string of the molecule is COc1cccc(C(=O)N2CCC(C(=O)NCCO)CC2)c1. The van der Waals surface area contributed by atoms with Gasteiger partial charge in [-0.25, -0.2) is 0 Å². The lowest BCUT2D eigenvalue weighted by Crippen LogP contribution is -2.43. The summed E-state index contributed by atoms with van der Waals surface area (Å²) in [5, 5.41) is 11.4. The fourth-order valence-electron chi connectivity index (χ4n) is 2.61. The van der Waals surface area contributed by atoms with Crippen molar-refractivity contribution in [1.29, 1.82) is 0 Å². The van der Waals surface area contributed by atoms with Crippen LogP contribution in [-0.2, 0) is 4.79 Å². The zero-order chi connectivity index (χ0) is 15.9. The number of rotatable bonds is 5. The minimum atomic E-state index is -0.0825. The van der Waals surface area contributed by atoms with Crippen molar-refractivity contribution in [3.8, 4) is 5.75 Å². The molecule has 1 fully saturated rings. The summed E-state index contributed by atoms with van der Waals surface area (Å²) in [6.07, 6.45) is 1.29. The number of benzene rings is 1. The average Bonchev–Trinajstić information content (AvgIpc) is 2.59. The molecule has 1 aromatic carbocycles.